The van der Waals surface area contributed by atoms with Crippen molar-refractivity contribution in [1.29, 1.82) is 0 Å². The number of carbonyl (C=O) groups excluding carboxylic acids is 1. The second kappa shape index (κ2) is 13.1. The summed E-state index contributed by atoms with van der Waals surface area (Å²) in [6.45, 7) is 6.01. The van der Waals surface area contributed by atoms with Crippen LogP contribution >= 0.6 is 23.4 Å². The summed E-state index contributed by atoms with van der Waals surface area (Å²) in [5.41, 5.74) is 3.14. The summed E-state index contributed by atoms with van der Waals surface area (Å²) in [6.07, 6.45) is 2.98. The quantitative estimate of drug-likeness (QED) is 0.210. The second-order valence-electron chi connectivity index (χ2n) is 9.25. The number of likely N-dealkylation sites (tertiary alicyclic amines) is 1. The van der Waals surface area contributed by atoms with Crippen LogP contribution in [0.4, 0.5) is 5.82 Å². The van der Waals surface area contributed by atoms with E-state index in [-0.39, 0.29) is 11.9 Å². The number of rotatable bonds is 10. The minimum absolute atomic E-state index is 0.00232. The molecule has 1 amide bonds. The van der Waals surface area contributed by atoms with E-state index in [2.05, 4.69) is 56.3 Å². The Morgan fingerprint density at radius 3 is 2.50 bits per heavy atom. The molecule has 3 aromatic rings. The first-order valence-corrected chi connectivity index (χ1v) is 13.9. The molecule has 4 rings (SSSR count). The first kappa shape index (κ1) is 26.5. The monoisotopic (exact) mass is 523 g/mol. The Balaban J connectivity index is 1.24. The smallest absolute Gasteiger partial charge is 0.251 e. The summed E-state index contributed by atoms with van der Waals surface area (Å²) in [6, 6.07) is 20.4. The van der Waals surface area contributed by atoms with Gasteiger partial charge in [-0.3, -0.25) is 9.69 Å². The maximum absolute atomic E-state index is 12.8. The zero-order valence-electron chi connectivity index (χ0n) is 21.0. The highest BCUT2D eigenvalue weighted by atomic mass is 35.5. The Kier molecular flexibility index (Phi) is 9.61. The van der Waals surface area contributed by atoms with Crippen LogP contribution in [0.5, 0.6) is 0 Å². The third-order valence-corrected chi connectivity index (χ3v) is 7.48. The average molecular weight is 524 g/mol. The molecule has 36 heavy (non-hydrogen) atoms. The zero-order chi connectivity index (χ0) is 25.3. The van der Waals surface area contributed by atoms with Gasteiger partial charge in [-0.15, -0.1) is 0 Å². The average Bonchev–Trinajstić information content (AvgIpc) is 2.89. The van der Waals surface area contributed by atoms with Crippen molar-refractivity contribution in [3.8, 4) is 0 Å². The summed E-state index contributed by atoms with van der Waals surface area (Å²) < 4.78 is 0. The van der Waals surface area contributed by atoms with Crippen LogP contribution in [-0.4, -0.2) is 53.5 Å². The third kappa shape index (κ3) is 7.69. The van der Waals surface area contributed by atoms with Crippen molar-refractivity contribution in [2.24, 2.45) is 0 Å². The Morgan fingerprint density at radius 2 is 1.81 bits per heavy atom. The van der Waals surface area contributed by atoms with E-state index in [0.29, 0.717) is 21.6 Å². The van der Waals surface area contributed by atoms with Crippen molar-refractivity contribution >= 4 is 35.1 Å². The molecular formula is C28H34ClN5OS. The maximum Gasteiger partial charge on any atom is 0.251 e. The molecule has 1 aromatic heterocycles. The highest BCUT2D eigenvalue weighted by molar-refractivity contribution is 7.98. The van der Waals surface area contributed by atoms with Gasteiger partial charge in [0.05, 0.1) is 0 Å². The van der Waals surface area contributed by atoms with Gasteiger partial charge in [0, 0.05) is 56.7 Å². The van der Waals surface area contributed by atoms with E-state index < -0.39 is 0 Å². The van der Waals surface area contributed by atoms with Gasteiger partial charge in [-0.05, 0) is 42.5 Å². The van der Waals surface area contributed by atoms with Gasteiger partial charge in [0.15, 0.2) is 5.16 Å². The molecule has 2 heterocycles. The van der Waals surface area contributed by atoms with E-state index in [4.69, 9.17) is 11.6 Å². The van der Waals surface area contributed by atoms with E-state index in [1.54, 1.807) is 17.8 Å². The Hall–Kier alpha value is -2.61. The van der Waals surface area contributed by atoms with Crippen LogP contribution in [0.3, 0.4) is 0 Å². The topological polar surface area (TPSA) is 61.4 Å². The number of carbonyl (C=O) groups is 1. The predicted octanol–water partition coefficient (Wildman–Crippen LogP) is 5.66. The number of aromatic nitrogens is 2. The first-order valence-electron chi connectivity index (χ1n) is 12.5. The van der Waals surface area contributed by atoms with E-state index in [9.17, 15) is 4.79 Å². The number of hydrogen-bond acceptors (Lipinski definition) is 6. The van der Waals surface area contributed by atoms with Gasteiger partial charge in [-0.2, -0.15) is 0 Å². The molecule has 190 valence electrons. The Morgan fingerprint density at radius 1 is 1.08 bits per heavy atom. The number of benzene rings is 2. The normalized spacial score (nSPS) is 14.5. The molecule has 0 spiro atoms. The molecule has 1 saturated heterocycles. The van der Waals surface area contributed by atoms with Crippen LogP contribution in [0.15, 0.2) is 65.8 Å². The highest BCUT2D eigenvalue weighted by Gasteiger charge is 2.21. The van der Waals surface area contributed by atoms with Crippen molar-refractivity contribution in [1.82, 2.24) is 20.2 Å². The van der Waals surface area contributed by atoms with Crippen molar-refractivity contribution in [3.63, 3.8) is 0 Å². The first-order chi connectivity index (χ1) is 17.5. The lowest BCUT2D eigenvalue weighted by molar-refractivity contribution is 0.0909. The zero-order valence-corrected chi connectivity index (χ0v) is 22.6. The van der Waals surface area contributed by atoms with Crippen molar-refractivity contribution in [2.45, 2.75) is 49.7 Å². The highest BCUT2D eigenvalue weighted by Crippen LogP contribution is 2.24. The number of hydrogen-bond donors (Lipinski definition) is 1. The number of thioether (sulfide) groups is 1. The minimum atomic E-state index is -0.00232. The van der Waals surface area contributed by atoms with Gasteiger partial charge in [-0.25, -0.2) is 9.97 Å². The molecule has 0 saturated carbocycles. The Labute approximate surface area is 223 Å². The van der Waals surface area contributed by atoms with Crippen LogP contribution in [0.2, 0.25) is 5.15 Å². The molecule has 1 aliphatic heterocycles. The standard InChI is InChI=1S/C28H34ClN5OS/c1-3-15-33(2)26-18-25(29)31-28(32-26)36-20-22-9-11-23(12-10-22)27(35)30-24-13-16-34(17-14-24)19-21-7-5-4-6-8-21/h4-12,18,24H,3,13-17,19-20H2,1-2H3,(H,30,35). The predicted molar refractivity (Wildman–Crippen MR) is 149 cm³/mol. The summed E-state index contributed by atoms with van der Waals surface area (Å²) in [7, 11) is 2.01. The summed E-state index contributed by atoms with van der Waals surface area (Å²) in [5.74, 6) is 1.54. The number of amides is 1. The second-order valence-corrected chi connectivity index (χ2v) is 10.6. The van der Waals surface area contributed by atoms with Crippen LogP contribution in [0.1, 0.15) is 47.7 Å². The molecule has 1 aliphatic rings. The van der Waals surface area contributed by atoms with E-state index >= 15 is 0 Å². The molecule has 8 heteroatoms. The van der Waals surface area contributed by atoms with Crippen molar-refractivity contribution < 1.29 is 4.79 Å². The lowest BCUT2D eigenvalue weighted by atomic mass is 10.0. The number of nitrogens with one attached hydrogen (secondary N) is 1. The third-order valence-electron chi connectivity index (χ3n) is 6.37. The van der Waals surface area contributed by atoms with E-state index in [1.165, 1.54) is 5.56 Å². The molecule has 0 atom stereocenters. The molecule has 0 bridgehead atoms. The maximum atomic E-state index is 12.8. The van der Waals surface area contributed by atoms with Gasteiger partial charge >= 0.3 is 0 Å². The van der Waals surface area contributed by atoms with Crippen LogP contribution < -0.4 is 10.2 Å². The number of nitrogens with zero attached hydrogens (tertiary/aromatic N) is 4. The fourth-order valence-electron chi connectivity index (χ4n) is 4.34. The molecule has 0 unspecified atom stereocenters. The van der Waals surface area contributed by atoms with Crippen LogP contribution in [0.25, 0.3) is 0 Å². The minimum Gasteiger partial charge on any atom is -0.360 e. The largest absolute Gasteiger partial charge is 0.360 e. The molecule has 2 aromatic carbocycles. The van der Waals surface area contributed by atoms with Crippen molar-refractivity contribution in [3.05, 3.63) is 82.5 Å². The lowest BCUT2D eigenvalue weighted by Gasteiger charge is -2.32. The molecule has 6 nitrogen and oxygen atoms in total. The summed E-state index contributed by atoms with van der Waals surface area (Å²) in [5, 5.41) is 4.32. The summed E-state index contributed by atoms with van der Waals surface area (Å²) in [4.78, 5) is 26.3. The fourth-order valence-corrected chi connectivity index (χ4v) is 5.38. The fraction of sp³-hybridized carbons (Fsp3) is 0.393. The molecule has 0 aliphatic carbocycles. The molecule has 1 N–H and O–H groups in total. The Bertz CT molecular complexity index is 1120. The van der Waals surface area contributed by atoms with Crippen LogP contribution in [0, 0.1) is 0 Å². The SMILES string of the molecule is CCCN(C)c1cc(Cl)nc(SCc2ccc(C(=O)NC3CCN(Cc4ccccc4)CC3)cc2)n1. The van der Waals surface area contributed by atoms with E-state index in [1.807, 2.05) is 37.4 Å². The van der Waals surface area contributed by atoms with Gasteiger partial charge < -0.3 is 10.2 Å². The van der Waals surface area contributed by atoms with Gasteiger partial charge in [-0.1, -0.05) is 72.8 Å². The van der Waals surface area contributed by atoms with Crippen molar-refractivity contribution in [2.75, 3.05) is 31.6 Å². The van der Waals surface area contributed by atoms with Gasteiger partial charge in [0.25, 0.3) is 5.91 Å². The van der Waals surface area contributed by atoms with Gasteiger partial charge in [0.1, 0.15) is 11.0 Å². The molecule has 1 fully saturated rings. The number of piperidine rings is 1. The lowest BCUT2D eigenvalue weighted by Crippen LogP contribution is -2.44. The molecular weight excluding hydrogens is 490 g/mol. The number of halogens is 1. The number of anilines is 1. The van der Waals surface area contributed by atoms with Gasteiger partial charge in [0.2, 0.25) is 0 Å². The van der Waals surface area contributed by atoms with Crippen LogP contribution in [-0.2, 0) is 12.3 Å². The summed E-state index contributed by atoms with van der Waals surface area (Å²) >= 11 is 7.76. The molecule has 0 radical (unpaired) electrons. The van der Waals surface area contributed by atoms with E-state index in [0.717, 1.165) is 56.8 Å².